The molecule has 1 aliphatic rings. The molecule has 1 aromatic carbocycles. The van der Waals surface area contributed by atoms with Crippen LogP contribution in [0, 0.1) is 0 Å². The van der Waals surface area contributed by atoms with Crippen LogP contribution < -0.4 is 5.32 Å². The van der Waals surface area contributed by atoms with Crippen LogP contribution in [0.3, 0.4) is 0 Å². The van der Waals surface area contributed by atoms with Gasteiger partial charge in [0.05, 0.1) is 11.1 Å². The van der Waals surface area contributed by atoms with Crippen LogP contribution in [-0.4, -0.2) is 12.7 Å². The second-order valence-corrected chi connectivity index (χ2v) is 5.41. The minimum absolute atomic E-state index is 0.0945. The van der Waals surface area contributed by atoms with Gasteiger partial charge in [0.15, 0.2) is 0 Å². The summed E-state index contributed by atoms with van der Waals surface area (Å²) in [6.45, 7) is 0.0536. The maximum absolute atomic E-state index is 12.9. The van der Waals surface area contributed by atoms with Crippen LogP contribution in [0.25, 0.3) is 0 Å². The van der Waals surface area contributed by atoms with E-state index < -0.39 is 29.7 Å². The molecule has 2 rings (SSSR count). The molecule has 0 spiro atoms. The number of benzene rings is 1. The molecule has 8 heteroatoms. The highest BCUT2D eigenvalue weighted by molar-refractivity contribution is 5.34. The van der Waals surface area contributed by atoms with Crippen molar-refractivity contribution >= 4 is 0 Å². The van der Waals surface area contributed by atoms with E-state index in [-0.39, 0.29) is 31.1 Å². The highest BCUT2D eigenvalue weighted by Crippen LogP contribution is 2.36. The average molecular weight is 353 g/mol. The van der Waals surface area contributed by atoms with Crippen LogP contribution in [0.5, 0.6) is 0 Å². The van der Waals surface area contributed by atoms with Gasteiger partial charge in [-0.1, -0.05) is 18.2 Å². The lowest BCUT2D eigenvalue weighted by Crippen LogP contribution is -2.19. The second-order valence-electron chi connectivity index (χ2n) is 5.41. The summed E-state index contributed by atoms with van der Waals surface area (Å²) < 4.78 is 89.4. The Balaban J connectivity index is 2.10. The number of rotatable bonds is 4. The smallest absolute Gasteiger partial charge is 0.309 e. The Morgan fingerprint density at radius 2 is 1.50 bits per heavy atom. The number of hydrogen-bond acceptors (Lipinski definition) is 1. The number of hydrogen-bond donors (Lipinski definition) is 1. The highest BCUT2D eigenvalue weighted by Gasteiger charge is 2.36. The van der Waals surface area contributed by atoms with Crippen molar-refractivity contribution in [3.63, 3.8) is 0 Å². The van der Waals surface area contributed by atoms with Crippen molar-refractivity contribution in [1.82, 2.24) is 5.32 Å². The molecule has 1 aromatic rings. The molecule has 1 aliphatic carbocycles. The summed E-state index contributed by atoms with van der Waals surface area (Å²) in [5.41, 5.74) is -2.08. The quantitative estimate of drug-likeness (QED) is 0.748. The lowest BCUT2D eigenvalue weighted by Gasteiger charge is -2.15. The van der Waals surface area contributed by atoms with Gasteiger partial charge in [-0.2, -0.15) is 26.3 Å². The number of halogens is 7. The Hall–Kier alpha value is -1.83. The number of alkyl halides is 7. The molecule has 1 nitrogen and oxygen atoms in total. The first-order chi connectivity index (χ1) is 11.1. The van der Waals surface area contributed by atoms with Crippen LogP contribution >= 0.6 is 0 Å². The highest BCUT2D eigenvalue weighted by atomic mass is 19.4. The molecular weight excluding hydrogens is 339 g/mol. The lowest BCUT2D eigenvalue weighted by molar-refractivity contribution is -0.143. The number of nitrogens with one attached hydrogen (secondary N) is 1. The van der Waals surface area contributed by atoms with Gasteiger partial charge in [0.1, 0.15) is 6.17 Å². The SMILES string of the molecule is FC1C=CC(CNCc2cc(C(F)(F)F)cc(C(F)(F)F)c2)=CC1. The van der Waals surface area contributed by atoms with Crippen LogP contribution in [0.15, 0.2) is 42.0 Å². The molecular formula is C16H14F7N. The van der Waals surface area contributed by atoms with Gasteiger partial charge in [0.25, 0.3) is 0 Å². The van der Waals surface area contributed by atoms with Gasteiger partial charge in [-0.3, -0.25) is 0 Å². The van der Waals surface area contributed by atoms with E-state index in [0.29, 0.717) is 12.1 Å². The molecule has 0 bridgehead atoms. The monoisotopic (exact) mass is 353 g/mol. The van der Waals surface area contributed by atoms with Gasteiger partial charge < -0.3 is 5.32 Å². The Labute approximate surface area is 133 Å². The third-order valence-electron chi connectivity index (χ3n) is 3.43. The van der Waals surface area contributed by atoms with Crippen molar-refractivity contribution < 1.29 is 30.7 Å². The zero-order valence-corrected chi connectivity index (χ0v) is 12.3. The third kappa shape index (κ3) is 5.09. The maximum atomic E-state index is 12.9. The lowest BCUT2D eigenvalue weighted by atomic mass is 10.0. The zero-order valence-electron chi connectivity index (χ0n) is 12.3. The molecule has 1 atom stereocenters. The number of allylic oxidation sites excluding steroid dienone is 2. The standard InChI is InChI=1S/C16H14F7N/c17-14-3-1-10(2-4-14)8-24-9-11-5-12(15(18,19)20)7-13(6-11)16(21,22)23/h1-3,5-7,14,24H,4,8-9H2. The molecule has 0 fully saturated rings. The molecule has 0 aliphatic heterocycles. The summed E-state index contributed by atoms with van der Waals surface area (Å²) in [7, 11) is 0. The van der Waals surface area contributed by atoms with Gasteiger partial charge in [-0.25, -0.2) is 4.39 Å². The van der Waals surface area contributed by atoms with Crippen molar-refractivity contribution in [2.24, 2.45) is 0 Å². The minimum atomic E-state index is -4.86. The summed E-state index contributed by atoms with van der Waals surface area (Å²) in [5, 5.41) is 2.77. The predicted molar refractivity (Wildman–Crippen MR) is 74.9 cm³/mol. The van der Waals surface area contributed by atoms with Crippen LogP contribution in [0.1, 0.15) is 23.1 Å². The first kappa shape index (κ1) is 18.5. The van der Waals surface area contributed by atoms with Gasteiger partial charge in [-0.05, 0) is 29.3 Å². The maximum Gasteiger partial charge on any atom is 0.416 e. The van der Waals surface area contributed by atoms with Crippen molar-refractivity contribution in [3.8, 4) is 0 Å². The summed E-state index contributed by atoms with van der Waals surface area (Å²) >= 11 is 0. The first-order valence-electron chi connectivity index (χ1n) is 7.06. The zero-order chi connectivity index (χ0) is 18.0. The normalized spacial score (nSPS) is 18.6. The van der Waals surface area contributed by atoms with E-state index >= 15 is 0 Å². The van der Waals surface area contributed by atoms with Crippen molar-refractivity contribution in [3.05, 3.63) is 58.7 Å². The average Bonchev–Trinajstić information content (AvgIpc) is 2.47. The molecule has 0 aromatic heterocycles. The molecule has 0 heterocycles. The fourth-order valence-electron chi connectivity index (χ4n) is 2.24. The minimum Gasteiger partial charge on any atom is -0.309 e. The van der Waals surface area contributed by atoms with Crippen LogP contribution in [0.4, 0.5) is 30.7 Å². The Kier molecular flexibility index (Phi) is 5.37. The molecule has 132 valence electrons. The Morgan fingerprint density at radius 3 is 1.96 bits per heavy atom. The summed E-state index contributed by atoms with van der Waals surface area (Å²) in [6.07, 6.45) is -6.06. The van der Waals surface area contributed by atoms with Crippen LogP contribution in [0.2, 0.25) is 0 Å². The van der Waals surface area contributed by atoms with Gasteiger partial charge >= 0.3 is 12.4 Å². The van der Waals surface area contributed by atoms with E-state index in [1.165, 1.54) is 12.2 Å². The Morgan fingerprint density at radius 1 is 0.917 bits per heavy atom. The summed E-state index contributed by atoms with van der Waals surface area (Å²) in [4.78, 5) is 0. The molecule has 1 N–H and O–H groups in total. The topological polar surface area (TPSA) is 12.0 Å². The summed E-state index contributed by atoms with van der Waals surface area (Å²) in [5.74, 6) is 0. The van der Waals surface area contributed by atoms with Crippen LogP contribution in [-0.2, 0) is 18.9 Å². The van der Waals surface area contributed by atoms with E-state index in [2.05, 4.69) is 5.32 Å². The largest absolute Gasteiger partial charge is 0.416 e. The molecule has 1 unspecified atom stereocenters. The Bertz CT molecular complexity index is 609. The van der Waals surface area contributed by atoms with Gasteiger partial charge in [-0.15, -0.1) is 0 Å². The van der Waals surface area contributed by atoms with E-state index in [0.717, 1.165) is 5.57 Å². The fourth-order valence-corrected chi connectivity index (χ4v) is 2.24. The van der Waals surface area contributed by atoms with E-state index in [4.69, 9.17) is 0 Å². The molecule has 0 amide bonds. The first-order valence-corrected chi connectivity index (χ1v) is 7.06. The van der Waals surface area contributed by atoms with Gasteiger partial charge in [0.2, 0.25) is 0 Å². The van der Waals surface area contributed by atoms with E-state index in [9.17, 15) is 30.7 Å². The van der Waals surface area contributed by atoms with Crippen molar-refractivity contribution in [2.75, 3.05) is 6.54 Å². The molecule has 24 heavy (non-hydrogen) atoms. The fraction of sp³-hybridized carbons (Fsp3) is 0.375. The predicted octanol–water partition coefficient (Wildman–Crippen LogP) is 5.04. The second kappa shape index (κ2) is 6.96. The molecule has 0 saturated heterocycles. The third-order valence-corrected chi connectivity index (χ3v) is 3.43. The molecule has 0 saturated carbocycles. The van der Waals surface area contributed by atoms with E-state index in [1.807, 2.05) is 0 Å². The van der Waals surface area contributed by atoms with Crippen molar-refractivity contribution in [2.45, 2.75) is 31.5 Å². The molecule has 0 radical (unpaired) electrons. The van der Waals surface area contributed by atoms with Crippen molar-refractivity contribution in [1.29, 1.82) is 0 Å². The summed E-state index contributed by atoms with van der Waals surface area (Å²) in [6, 6.07) is 1.47. The van der Waals surface area contributed by atoms with Gasteiger partial charge in [0, 0.05) is 19.5 Å². The van der Waals surface area contributed by atoms with E-state index in [1.54, 1.807) is 6.08 Å².